The van der Waals surface area contributed by atoms with Crippen LogP contribution in [0.15, 0.2) is 24.3 Å². The smallest absolute Gasteiger partial charge is 0.137 e. The molecule has 0 radical (unpaired) electrons. The molecule has 0 unspecified atom stereocenters. The van der Waals surface area contributed by atoms with Gasteiger partial charge in [0.2, 0.25) is 0 Å². The summed E-state index contributed by atoms with van der Waals surface area (Å²) in [5.41, 5.74) is 1.01. The second kappa shape index (κ2) is 5.15. The average molecular weight is 218 g/mol. The summed E-state index contributed by atoms with van der Waals surface area (Å²) in [5, 5.41) is 0. The average Bonchev–Trinajstić information content (AvgIpc) is 2.24. The Balaban J connectivity index is 1.94. The maximum Gasteiger partial charge on any atom is 0.137 e. The monoisotopic (exact) mass is 218 g/mol. The van der Waals surface area contributed by atoms with Crippen LogP contribution in [0.1, 0.15) is 31.2 Å². The van der Waals surface area contributed by atoms with Crippen LogP contribution in [0.3, 0.4) is 0 Å². The number of hydrogen-bond donors (Lipinski definition) is 0. The first-order chi connectivity index (χ1) is 7.79. The summed E-state index contributed by atoms with van der Waals surface area (Å²) in [6.07, 6.45) is 5.03. The van der Waals surface area contributed by atoms with Crippen molar-refractivity contribution in [3.05, 3.63) is 29.8 Å². The first kappa shape index (κ1) is 11.2. The van der Waals surface area contributed by atoms with Crippen LogP contribution in [0, 0.1) is 5.92 Å². The van der Waals surface area contributed by atoms with Gasteiger partial charge in [0, 0.05) is 18.4 Å². The number of Topliss-reactive ketones (excluding diaryl/α,β-unsaturated/α-hetero) is 1. The second-order valence-corrected chi connectivity index (χ2v) is 4.53. The van der Waals surface area contributed by atoms with E-state index in [2.05, 4.69) is 0 Å². The molecule has 0 amide bonds. The predicted molar refractivity (Wildman–Crippen MR) is 63.7 cm³/mol. The van der Waals surface area contributed by atoms with Gasteiger partial charge >= 0.3 is 0 Å². The molecule has 16 heavy (non-hydrogen) atoms. The summed E-state index contributed by atoms with van der Waals surface area (Å²) in [5.74, 6) is 1.82. The van der Waals surface area contributed by atoms with Gasteiger partial charge in [-0.1, -0.05) is 37.5 Å². The first-order valence-electron chi connectivity index (χ1n) is 5.93. The van der Waals surface area contributed by atoms with Gasteiger partial charge in [-0.15, -0.1) is 0 Å². The lowest BCUT2D eigenvalue weighted by Crippen LogP contribution is -2.17. The Morgan fingerprint density at radius 1 is 1.38 bits per heavy atom. The Labute approximate surface area is 96.6 Å². The van der Waals surface area contributed by atoms with Crippen molar-refractivity contribution in [1.82, 2.24) is 0 Å². The van der Waals surface area contributed by atoms with Gasteiger partial charge < -0.3 is 4.74 Å². The highest BCUT2D eigenvalue weighted by atomic mass is 16.5. The van der Waals surface area contributed by atoms with E-state index < -0.39 is 0 Å². The van der Waals surface area contributed by atoms with Gasteiger partial charge in [-0.25, -0.2) is 0 Å². The predicted octanol–water partition coefficient (Wildman–Crippen LogP) is 3.00. The van der Waals surface area contributed by atoms with Crippen LogP contribution in [0.2, 0.25) is 0 Å². The van der Waals surface area contributed by atoms with Gasteiger partial charge in [0.05, 0.1) is 7.11 Å². The molecule has 1 aromatic rings. The van der Waals surface area contributed by atoms with Gasteiger partial charge in [-0.2, -0.15) is 0 Å². The molecular weight excluding hydrogens is 200 g/mol. The van der Waals surface area contributed by atoms with Crippen molar-refractivity contribution < 1.29 is 9.53 Å². The normalized spacial score (nSPS) is 15.6. The summed E-state index contributed by atoms with van der Waals surface area (Å²) < 4.78 is 5.24. The standard InChI is InChI=1S/C14H18O2/c1-16-14-8-3-2-7-12(14)10-13(15)9-11-5-4-6-11/h2-3,7-8,11H,4-6,9-10H2,1H3. The van der Waals surface area contributed by atoms with E-state index in [0.29, 0.717) is 18.1 Å². The number of hydrogen-bond acceptors (Lipinski definition) is 2. The molecule has 86 valence electrons. The molecule has 1 saturated carbocycles. The molecule has 0 atom stereocenters. The summed E-state index contributed by atoms with van der Waals surface area (Å²) in [7, 11) is 1.65. The molecule has 1 aliphatic rings. The van der Waals surface area contributed by atoms with Gasteiger partial charge in [-0.05, 0) is 12.0 Å². The van der Waals surface area contributed by atoms with Crippen LogP contribution < -0.4 is 4.74 Å². The van der Waals surface area contributed by atoms with Crippen LogP contribution >= 0.6 is 0 Å². The molecular formula is C14H18O2. The lowest BCUT2D eigenvalue weighted by Gasteiger charge is -2.24. The van der Waals surface area contributed by atoms with Crippen molar-refractivity contribution in [1.29, 1.82) is 0 Å². The van der Waals surface area contributed by atoms with Gasteiger partial charge in [0.1, 0.15) is 11.5 Å². The molecule has 0 spiro atoms. The summed E-state index contributed by atoms with van der Waals surface area (Å²) in [4.78, 5) is 11.8. The van der Waals surface area contributed by atoms with E-state index in [4.69, 9.17) is 4.74 Å². The van der Waals surface area contributed by atoms with E-state index in [1.807, 2.05) is 24.3 Å². The number of carbonyl (C=O) groups is 1. The van der Waals surface area contributed by atoms with Crippen molar-refractivity contribution >= 4 is 5.78 Å². The maximum atomic E-state index is 11.8. The molecule has 2 rings (SSSR count). The number of methoxy groups -OCH3 is 1. The summed E-state index contributed by atoms with van der Waals surface area (Å²) in [6.45, 7) is 0. The van der Waals surface area contributed by atoms with E-state index in [9.17, 15) is 4.79 Å². The van der Waals surface area contributed by atoms with Crippen molar-refractivity contribution in [2.24, 2.45) is 5.92 Å². The van der Waals surface area contributed by atoms with E-state index in [1.165, 1.54) is 19.3 Å². The minimum atomic E-state index is 0.342. The molecule has 0 N–H and O–H groups in total. The van der Waals surface area contributed by atoms with Crippen molar-refractivity contribution in [2.75, 3.05) is 7.11 Å². The van der Waals surface area contributed by atoms with Crippen molar-refractivity contribution in [3.8, 4) is 5.75 Å². The Bertz CT molecular complexity index is 367. The topological polar surface area (TPSA) is 26.3 Å². The Hall–Kier alpha value is -1.31. The molecule has 1 fully saturated rings. The van der Waals surface area contributed by atoms with Gasteiger partial charge in [0.15, 0.2) is 0 Å². The Morgan fingerprint density at radius 2 is 2.12 bits per heavy atom. The minimum Gasteiger partial charge on any atom is -0.496 e. The lowest BCUT2D eigenvalue weighted by molar-refractivity contribution is -0.119. The van der Waals surface area contributed by atoms with E-state index >= 15 is 0 Å². The summed E-state index contributed by atoms with van der Waals surface area (Å²) >= 11 is 0. The SMILES string of the molecule is COc1ccccc1CC(=O)CC1CCC1. The van der Waals surface area contributed by atoms with E-state index in [-0.39, 0.29) is 0 Å². The molecule has 0 heterocycles. The molecule has 0 saturated heterocycles. The van der Waals surface area contributed by atoms with Crippen LogP contribution in [0.5, 0.6) is 5.75 Å². The Kier molecular flexibility index (Phi) is 3.60. The van der Waals surface area contributed by atoms with Crippen LogP contribution in [-0.2, 0) is 11.2 Å². The number of para-hydroxylation sites is 1. The fourth-order valence-electron chi connectivity index (χ4n) is 2.15. The third-order valence-corrected chi connectivity index (χ3v) is 3.32. The Morgan fingerprint density at radius 3 is 2.75 bits per heavy atom. The van der Waals surface area contributed by atoms with Crippen molar-refractivity contribution in [2.45, 2.75) is 32.1 Å². The van der Waals surface area contributed by atoms with Crippen LogP contribution in [0.4, 0.5) is 0 Å². The zero-order valence-corrected chi connectivity index (χ0v) is 9.74. The molecule has 1 aromatic carbocycles. The molecule has 0 bridgehead atoms. The first-order valence-corrected chi connectivity index (χ1v) is 5.93. The number of benzene rings is 1. The largest absolute Gasteiger partial charge is 0.496 e. The van der Waals surface area contributed by atoms with Gasteiger partial charge in [-0.3, -0.25) is 4.79 Å². The molecule has 0 aliphatic heterocycles. The number of ketones is 1. The van der Waals surface area contributed by atoms with Crippen LogP contribution in [-0.4, -0.2) is 12.9 Å². The third-order valence-electron chi connectivity index (χ3n) is 3.32. The van der Waals surface area contributed by atoms with E-state index in [1.54, 1.807) is 7.11 Å². The minimum absolute atomic E-state index is 0.342. The zero-order valence-electron chi connectivity index (χ0n) is 9.74. The molecule has 1 aliphatic carbocycles. The highest BCUT2D eigenvalue weighted by molar-refractivity contribution is 5.81. The van der Waals surface area contributed by atoms with E-state index in [0.717, 1.165) is 17.7 Å². The highest BCUT2D eigenvalue weighted by Gasteiger charge is 2.21. The lowest BCUT2D eigenvalue weighted by atomic mass is 9.81. The zero-order chi connectivity index (χ0) is 11.4. The van der Waals surface area contributed by atoms with Gasteiger partial charge in [0.25, 0.3) is 0 Å². The maximum absolute atomic E-state index is 11.8. The fourth-order valence-corrected chi connectivity index (χ4v) is 2.15. The summed E-state index contributed by atoms with van der Waals surface area (Å²) in [6, 6.07) is 7.76. The van der Waals surface area contributed by atoms with Crippen LogP contribution in [0.25, 0.3) is 0 Å². The third kappa shape index (κ3) is 2.63. The molecule has 2 heteroatoms. The highest BCUT2D eigenvalue weighted by Crippen LogP contribution is 2.30. The van der Waals surface area contributed by atoms with Crippen molar-refractivity contribution in [3.63, 3.8) is 0 Å². The number of carbonyl (C=O) groups excluding carboxylic acids is 1. The fraction of sp³-hybridized carbons (Fsp3) is 0.500. The molecule has 0 aromatic heterocycles. The quantitative estimate of drug-likeness (QED) is 0.759. The number of ether oxygens (including phenoxy) is 1. The molecule has 2 nitrogen and oxygen atoms in total. The number of rotatable bonds is 5. The second-order valence-electron chi connectivity index (χ2n) is 4.53.